The Balaban J connectivity index is 2.81. The van der Waals surface area contributed by atoms with Crippen molar-refractivity contribution in [1.82, 2.24) is 15.0 Å². The zero-order valence-electron chi connectivity index (χ0n) is 11.0. The molecular formula is C11H18N4O3. The molecule has 0 saturated carbocycles. The van der Waals surface area contributed by atoms with Gasteiger partial charge in [-0.25, -0.2) is 9.48 Å². The second-order valence-corrected chi connectivity index (χ2v) is 4.53. The summed E-state index contributed by atoms with van der Waals surface area (Å²) in [5.74, 6) is -0.812. The minimum Gasteiger partial charge on any atom is -0.464 e. The lowest BCUT2D eigenvalue weighted by atomic mass is 10.2. The molecule has 100 valence electrons. The van der Waals surface area contributed by atoms with Crippen LogP contribution in [0.25, 0.3) is 0 Å². The summed E-state index contributed by atoms with van der Waals surface area (Å²) in [6.45, 7) is 7.51. The van der Waals surface area contributed by atoms with Crippen LogP contribution in [0.3, 0.4) is 0 Å². The summed E-state index contributed by atoms with van der Waals surface area (Å²) in [6.07, 6.45) is 0. The van der Waals surface area contributed by atoms with Gasteiger partial charge >= 0.3 is 5.97 Å². The van der Waals surface area contributed by atoms with Crippen LogP contribution in [-0.2, 0) is 9.53 Å². The van der Waals surface area contributed by atoms with E-state index >= 15 is 0 Å². The van der Waals surface area contributed by atoms with Crippen molar-refractivity contribution in [3.05, 3.63) is 11.4 Å². The first-order valence-corrected chi connectivity index (χ1v) is 5.72. The van der Waals surface area contributed by atoms with Crippen molar-refractivity contribution in [1.29, 1.82) is 0 Å². The molecule has 0 bridgehead atoms. The highest BCUT2D eigenvalue weighted by Gasteiger charge is 2.23. The molecule has 0 aromatic carbocycles. The van der Waals surface area contributed by atoms with Gasteiger partial charge in [0.2, 0.25) is 0 Å². The smallest absolute Gasteiger partial charge is 0.330 e. The number of carbonyl (C=O) groups is 2. The van der Waals surface area contributed by atoms with Crippen LogP contribution in [0.4, 0.5) is 0 Å². The second-order valence-electron chi connectivity index (χ2n) is 4.53. The first-order chi connectivity index (χ1) is 8.34. The van der Waals surface area contributed by atoms with E-state index in [1.54, 1.807) is 13.8 Å². The van der Waals surface area contributed by atoms with E-state index in [1.165, 1.54) is 4.68 Å². The average Bonchev–Trinajstić information content (AvgIpc) is 2.66. The Labute approximate surface area is 105 Å². The third-order valence-electron chi connectivity index (χ3n) is 2.43. The molecule has 7 nitrogen and oxygen atoms in total. The number of ether oxygens (including phenoxy) is 1. The van der Waals surface area contributed by atoms with E-state index < -0.39 is 17.9 Å². The number of nitrogens with two attached hydrogens (primary N) is 1. The number of hydrogen-bond donors (Lipinski definition) is 1. The third kappa shape index (κ3) is 3.06. The third-order valence-corrected chi connectivity index (χ3v) is 2.43. The lowest BCUT2D eigenvalue weighted by Gasteiger charge is -2.13. The monoisotopic (exact) mass is 254 g/mol. The van der Waals surface area contributed by atoms with E-state index in [2.05, 4.69) is 10.3 Å². The van der Waals surface area contributed by atoms with Crippen LogP contribution in [0.1, 0.15) is 43.0 Å². The summed E-state index contributed by atoms with van der Waals surface area (Å²) >= 11 is 0. The van der Waals surface area contributed by atoms with Gasteiger partial charge in [-0.15, -0.1) is 5.10 Å². The van der Waals surface area contributed by atoms with Crippen molar-refractivity contribution in [3.8, 4) is 0 Å². The number of nitrogens with zero attached hydrogens (tertiary/aromatic N) is 3. The van der Waals surface area contributed by atoms with Crippen LogP contribution in [0.5, 0.6) is 0 Å². The molecule has 0 radical (unpaired) electrons. The van der Waals surface area contributed by atoms with Gasteiger partial charge in [-0.3, -0.25) is 4.79 Å². The Hall–Kier alpha value is -1.92. The summed E-state index contributed by atoms with van der Waals surface area (Å²) in [6, 6.07) is -0.635. The summed E-state index contributed by atoms with van der Waals surface area (Å²) in [5, 5.41) is 7.39. The number of hydrogen-bond acceptors (Lipinski definition) is 5. The molecule has 7 heteroatoms. The highest BCUT2D eigenvalue weighted by Crippen LogP contribution is 2.12. The molecule has 0 fully saturated rings. The lowest BCUT2D eigenvalue weighted by Crippen LogP contribution is -2.23. The second kappa shape index (κ2) is 5.61. The maximum absolute atomic E-state index is 11.8. The van der Waals surface area contributed by atoms with Gasteiger partial charge in [-0.2, -0.15) is 0 Å². The molecule has 1 aromatic heterocycles. The topological polar surface area (TPSA) is 100 Å². The molecular weight excluding hydrogens is 236 g/mol. The molecule has 1 heterocycles. The maximum atomic E-state index is 11.8. The summed E-state index contributed by atoms with van der Waals surface area (Å²) in [7, 11) is 0. The molecule has 0 spiro atoms. The standard InChI is InChI=1S/C11H18N4O3/c1-6(2)5-18-11(17)8(4)15-7(3)9(10(12)16)13-14-15/h6,8H,5H2,1-4H3,(H2,12,16). The molecule has 0 aliphatic rings. The van der Waals surface area contributed by atoms with E-state index in [4.69, 9.17) is 10.5 Å². The molecule has 1 amide bonds. The number of carbonyl (C=O) groups excluding carboxylic acids is 2. The van der Waals surface area contributed by atoms with E-state index in [9.17, 15) is 9.59 Å². The van der Waals surface area contributed by atoms with Crippen molar-refractivity contribution in [2.45, 2.75) is 33.7 Å². The molecule has 0 saturated heterocycles. The Kier molecular flexibility index (Phi) is 4.41. The molecule has 18 heavy (non-hydrogen) atoms. The minimum absolute atomic E-state index is 0.0681. The highest BCUT2D eigenvalue weighted by molar-refractivity contribution is 5.91. The molecule has 1 aromatic rings. The van der Waals surface area contributed by atoms with Gasteiger partial charge in [-0.05, 0) is 19.8 Å². The van der Waals surface area contributed by atoms with Crippen LogP contribution in [0, 0.1) is 12.8 Å². The quantitative estimate of drug-likeness (QED) is 0.769. The summed E-state index contributed by atoms with van der Waals surface area (Å²) in [5.41, 5.74) is 5.65. The Morgan fingerprint density at radius 2 is 2.00 bits per heavy atom. The van der Waals surface area contributed by atoms with Gasteiger partial charge in [0.15, 0.2) is 5.69 Å². The number of aromatic nitrogens is 3. The van der Waals surface area contributed by atoms with Crippen molar-refractivity contribution < 1.29 is 14.3 Å². The molecule has 1 rings (SSSR count). The predicted molar refractivity (Wildman–Crippen MR) is 63.8 cm³/mol. The lowest BCUT2D eigenvalue weighted by molar-refractivity contribution is -0.148. The molecule has 1 unspecified atom stereocenters. The number of amides is 1. The summed E-state index contributed by atoms with van der Waals surface area (Å²) < 4.78 is 6.44. The zero-order chi connectivity index (χ0) is 13.9. The van der Waals surface area contributed by atoms with Crippen molar-refractivity contribution >= 4 is 11.9 Å². The van der Waals surface area contributed by atoms with Gasteiger partial charge in [0.1, 0.15) is 6.04 Å². The van der Waals surface area contributed by atoms with Crippen LogP contribution in [-0.4, -0.2) is 33.5 Å². The van der Waals surface area contributed by atoms with Gasteiger partial charge in [0.25, 0.3) is 5.91 Å². The van der Waals surface area contributed by atoms with E-state index in [1.807, 2.05) is 13.8 Å². The normalized spacial score (nSPS) is 12.5. The Morgan fingerprint density at radius 1 is 1.39 bits per heavy atom. The summed E-state index contributed by atoms with van der Waals surface area (Å²) in [4.78, 5) is 22.8. The van der Waals surface area contributed by atoms with E-state index in [0.29, 0.717) is 12.3 Å². The Morgan fingerprint density at radius 3 is 2.44 bits per heavy atom. The highest BCUT2D eigenvalue weighted by atomic mass is 16.5. The molecule has 0 aliphatic carbocycles. The van der Waals surface area contributed by atoms with Crippen molar-refractivity contribution in [3.63, 3.8) is 0 Å². The van der Waals surface area contributed by atoms with Crippen LogP contribution >= 0.6 is 0 Å². The van der Waals surface area contributed by atoms with Crippen LogP contribution in [0.2, 0.25) is 0 Å². The van der Waals surface area contributed by atoms with Gasteiger partial charge in [-0.1, -0.05) is 19.1 Å². The fourth-order valence-electron chi connectivity index (χ4n) is 1.41. The van der Waals surface area contributed by atoms with E-state index in [-0.39, 0.29) is 11.6 Å². The molecule has 1 atom stereocenters. The fraction of sp³-hybridized carbons (Fsp3) is 0.636. The molecule has 2 N–H and O–H groups in total. The van der Waals surface area contributed by atoms with Gasteiger partial charge in [0.05, 0.1) is 12.3 Å². The van der Waals surface area contributed by atoms with Crippen molar-refractivity contribution in [2.24, 2.45) is 11.7 Å². The number of primary amides is 1. The van der Waals surface area contributed by atoms with E-state index in [0.717, 1.165) is 0 Å². The first-order valence-electron chi connectivity index (χ1n) is 5.72. The largest absolute Gasteiger partial charge is 0.464 e. The number of esters is 1. The average molecular weight is 254 g/mol. The minimum atomic E-state index is -0.665. The van der Waals surface area contributed by atoms with Crippen molar-refractivity contribution in [2.75, 3.05) is 6.61 Å². The van der Waals surface area contributed by atoms with Crippen LogP contribution < -0.4 is 5.73 Å². The SMILES string of the molecule is Cc1c(C(N)=O)nnn1C(C)C(=O)OCC(C)C. The maximum Gasteiger partial charge on any atom is 0.330 e. The Bertz CT molecular complexity index is 453. The molecule has 0 aliphatic heterocycles. The van der Waals surface area contributed by atoms with Gasteiger partial charge in [0, 0.05) is 0 Å². The number of rotatable bonds is 5. The first kappa shape index (κ1) is 14.1. The predicted octanol–water partition coefficient (Wildman–Crippen LogP) is 0.446. The van der Waals surface area contributed by atoms with Gasteiger partial charge < -0.3 is 10.5 Å². The van der Waals surface area contributed by atoms with Crippen LogP contribution in [0.15, 0.2) is 0 Å². The fourth-order valence-corrected chi connectivity index (χ4v) is 1.41. The zero-order valence-corrected chi connectivity index (χ0v) is 11.0.